The fourth-order valence-corrected chi connectivity index (χ4v) is 3.35. The quantitative estimate of drug-likeness (QED) is 0.686. The van der Waals surface area contributed by atoms with Gasteiger partial charge in [0.05, 0.1) is 0 Å². The van der Waals surface area contributed by atoms with Gasteiger partial charge in [-0.15, -0.1) is 0 Å². The Morgan fingerprint density at radius 3 is 1.55 bits per heavy atom. The van der Waals surface area contributed by atoms with E-state index in [9.17, 15) is 5.11 Å². The minimum Gasteiger partial charge on any atom is -0.507 e. The summed E-state index contributed by atoms with van der Waals surface area (Å²) in [7, 11) is 0. The van der Waals surface area contributed by atoms with E-state index in [0.29, 0.717) is 5.75 Å². The van der Waals surface area contributed by atoms with E-state index >= 15 is 0 Å². The molecule has 0 aliphatic carbocycles. The predicted molar refractivity (Wildman–Crippen MR) is 98.2 cm³/mol. The van der Waals surface area contributed by atoms with Crippen LogP contribution < -0.4 is 0 Å². The Labute approximate surface area is 138 Å². The molecule has 0 atom stereocenters. The summed E-state index contributed by atoms with van der Waals surface area (Å²) in [4.78, 5) is 0. The van der Waals surface area contributed by atoms with E-state index in [-0.39, 0.29) is 16.2 Å². The number of rotatable bonds is 2. The van der Waals surface area contributed by atoms with Crippen molar-refractivity contribution in [1.29, 1.82) is 0 Å². The van der Waals surface area contributed by atoms with Crippen LogP contribution in [-0.2, 0) is 22.7 Å². The third-order valence-electron chi connectivity index (χ3n) is 4.21. The molecule has 1 nitrogen and oxygen atoms in total. The normalized spacial score (nSPS) is 13.5. The smallest absolute Gasteiger partial charge is 0.123 e. The van der Waals surface area contributed by atoms with Gasteiger partial charge in [-0.2, -0.15) is 0 Å². The molecule has 0 saturated carbocycles. The maximum atomic E-state index is 11.1. The third-order valence-corrected chi connectivity index (χ3v) is 4.21. The molecule has 1 rings (SSSR count). The summed E-state index contributed by atoms with van der Waals surface area (Å²) >= 11 is 0. The van der Waals surface area contributed by atoms with Gasteiger partial charge >= 0.3 is 0 Å². The van der Waals surface area contributed by atoms with E-state index in [2.05, 4.69) is 75.3 Å². The Morgan fingerprint density at radius 2 is 1.23 bits per heavy atom. The van der Waals surface area contributed by atoms with Crippen LogP contribution >= 0.6 is 0 Å². The standard InChI is InChI=1S/C21H36O/c1-11-12-14-13-15(19(2,3)4)18(22)17(21(8,9)10)16(14)20(5,6)7/h13,22H,11-12H2,1-10H3. The number of aromatic hydroxyl groups is 1. The van der Waals surface area contributed by atoms with Gasteiger partial charge in [-0.3, -0.25) is 0 Å². The zero-order valence-electron chi connectivity index (χ0n) is 16.4. The van der Waals surface area contributed by atoms with Crippen molar-refractivity contribution in [2.45, 2.75) is 98.3 Å². The lowest BCUT2D eigenvalue weighted by molar-refractivity contribution is 0.412. The highest BCUT2D eigenvalue weighted by Crippen LogP contribution is 2.46. The van der Waals surface area contributed by atoms with Gasteiger partial charge in [-0.1, -0.05) is 81.7 Å². The molecule has 0 bridgehead atoms. The lowest BCUT2D eigenvalue weighted by atomic mass is 9.69. The lowest BCUT2D eigenvalue weighted by Gasteiger charge is -2.36. The van der Waals surface area contributed by atoms with Crippen LogP contribution in [0.5, 0.6) is 5.75 Å². The van der Waals surface area contributed by atoms with E-state index in [1.165, 1.54) is 11.1 Å². The molecule has 1 aromatic carbocycles. The number of benzene rings is 1. The Balaban J connectivity index is 3.94. The second kappa shape index (κ2) is 5.91. The van der Waals surface area contributed by atoms with Crippen LogP contribution in [0.1, 0.15) is 97.9 Å². The van der Waals surface area contributed by atoms with Gasteiger partial charge in [-0.05, 0) is 39.4 Å². The molecule has 22 heavy (non-hydrogen) atoms. The molecule has 126 valence electrons. The maximum absolute atomic E-state index is 11.1. The first-order valence-electron chi connectivity index (χ1n) is 8.61. The number of hydrogen-bond acceptors (Lipinski definition) is 1. The van der Waals surface area contributed by atoms with Crippen molar-refractivity contribution in [3.63, 3.8) is 0 Å². The van der Waals surface area contributed by atoms with Crippen molar-refractivity contribution in [2.24, 2.45) is 0 Å². The summed E-state index contributed by atoms with van der Waals surface area (Å²) in [5.41, 5.74) is 4.86. The first-order chi connectivity index (χ1) is 9.71. The monoisotopic (exact) mass is 304 g/mol. The summed E-state index contributed by atoms with van der Waals surface area (Å²) in [5.74, 6) is 0.504. The second-order valence-corrected chi connectivity index (χ2v) is 9.68. The molecule has 0 aromatic heterocycles. The average molecular weight is 305 g/mol. The van der Waals surface area contributed by atoms with Gasteiger partial charge < -0.3 is 5.11 Å². The number of phenolic OH excluding ortho intramolecular Hbond substituents is 1. The average Bonchev–Trinajstić information content (AvgIpc) is 2.26. The van der Waals surface area contributed by atoms with Gasteiger partial charge in [0.25, 0.3) is 0 Å². The molecule has 1 aromatic rings. The van der Waals surface area contributed by atoms with Crippen LogP contribution in [0.15, 0.2) is 6.07 Å². The fraction of sp³-hybridized carbons (Fsp3) is 0.714. The van der Waals surface area contributed by atoms with Gasteiger partial charge in [0, 0.05) is 5.56 Å². The fourth-order valence-electron chi connectivity index (χ4n) is 3.35. The Hall–Kier alpha value is -0.980. The van der Waals surface area contributed by atoms with Crippen LogP contribution in [0.2, 0.25) is 0 Å². The molecule has 0 amide bonds. The van der Waals surface area contributed by atoms with Crippen molar-refractivity contribution >= 4 is 0 Å². The van der Waals surface area contributed by atoms with Gasteiger partial charge in [0.2, 0.25) is 0 Å². The van der Waals surface area contributed by atoms with E-state index in [1.54, 1.807) is 0 Å². The van der Waals surface area contributed by atoms with Crippen molar-refractivity contribution in [3.8, 4) is 5.75 Å². The zero-order valence-corrected chi connectivity index (χ0v) is 16.4. The van der Waals surface area contributed by atoms with Crippen molar-refractivity contribution in [2.75, 3.05) is 0 Å². The van der Waals surface area contributed by atoms with E-state index < -0.39 is 0 Å². The Kier molecular flexibility index (Phi) is 5.12. The van der Waals surface area contributed by atoms with E-state index in [4.69, 9.17) is 0 Å². The largest absolute Gasteiger partial charge is 0.507 e. The zero-order chi connectivity index (χ0) is 17.5. The first-order valence-corrected chi connectivity index (χ1v) is 8.61. The highest BCUT2D eigenvalue weighted by Gasteiger charge is 2.34. The maximum Gasteiger partial charge on any atom is 0.123 e. The summed E-state index contributed by atoms with van der Waals surface area (Å²) in [5, 5.41) is 11.1. The van der Waals surface area contributed by atoms with E-state index in [1.807, 2.05) is 0 Å². The third kappa shape index (κ3) is 3.86. The van der Waals surface area contributed by atoms with Gasteiger partial charge in [0.1, 0.15) is 5.75 Å². The molecule has 0 spiro atoms. The predicted octanol–water partition coefficient (Wildman–Crippen LogP) is 6.24. The minimum absolute atomic E-state index is 0.0288. The SMILES string of the molecule is CCCc1cc(C(C)(C)C)c(O)c(C(C)(C)C)c1C(C)(C)C. The summed E-state index contributed by atoms with van der Waals surface area (Å²) in [6.45, 7) is 22.2. The number of phenols is 1. The van der Waals surface area contributed by atoms with Crippen LogP contribution in [0.25, 0.3) is 0 Å². The molecule has 0 aliphatic rings. The topological polar surface area (TPSA) is 20.2 Å². The van der Waals surface area contributed by atoms with Crippen LogP contribution in [0.3, 0.4) is 0 Å². The van der Waals surface area contributed by atoms with Crippen molar-refractivity contribution < 1.29 is 5.11 Å². The molecule has 0 radical (unpaired) electrons. The summed E-state index contributed by atoms with van der Waals surface area (Å²) in [6.07, 6.45) is 2.19. The first kappa shape index (κ1) is 19.1. The molecule has 1 N–H and O–H groups in total. The van der Waals surface area contributed by atoms with Crippen LogP contribution in [0, 0.1) is 0 Å². The van der Waals surface area contributed by atoms with Gasteiger partial charge in [-0.25, -0.2) is 0 Å². The highest BCUT2D eigenvalue weighted by atomic mass is 16.3. The van der Waals surface area contributed by atoms with E-state index in [0.717, 1.165) is 24.0 Å². The molecule has 0 saturated heterocycles. The number of aryl methyl sites for hydroxylation is 1. The van der Waals surface area contributed by atoms with Gasteiger partial charge in [0.15, 0.2) is 0 Å². The van der Waals surface area contributed by atoms with Crippen LogP contribution in [-0.4, -0.2) is 5.11 Å². The van der Waals surface area contributed by atoms with Crippen LogP contribution in [0.4, 0.5) is 0 Å². The molecular weight excluding hydrogens is 268 g/mol. The highest BCUT2D eigenvalue weighted by molar-refractivity contribution is 5.57. The minimum atomic E-state index is -0.0730. The number of hydrogen-bond donors (Lipinski definition) is 1. The molecule has 0 aliphatic heterocycles. The molecule has 0 unspecified atom stereocenters. The second-order valence-electron chi connectivity index (χ2n) is 9.68. The Bertz CT molecular complexity index is 531. The summed E-state index contributed by atoms with van der Waals surface area (Å²) in [6, 6.07) is 2.26. The molecule has 0 fully saturated rings. The lowest BCUT2D eigenvalue weighted by Crippen LogP contribution is -2.26. The molecule has 1 heteroatoms. The molecule has 0 heterocycles. The van der Waals surface area contributed by atoms with Crippen molar-refractivity contribution in [3.05, 3.63) is 28.3 Å². The van der Waals surface area contributed by atoms with Crippen molar-refractivity contribution in [1.82, 2.24) is 0 Å². The summed E-state index contributed by atoms with van der Waals surface area (Å²) < 4.78 is 0. The molecular formula is C21H36O. The Morgan fingerprint density at radius 1 is 0.773 bits per heavy atom.